The molecule has 2 rings (SSSR count). The summed E-state index contributed by atoms with van der Waals surface area (Å²) in [5.41, 5.74) is -0.520. The second kappa shape index (κ2) is 5.54. The number of carbonyl (C=O) groups is 1. The summed E-state index contributed by atoms with van der Waals surface area (Å²) in [7, 11) is 1.96. The van der Waals surface area contributed by atoms with E-state index in [4.69, 9.17) is 0 Å². The van der Waals surface area contributed by atoms with E-state index >= 15 is 0 Å². The molecule has 1 aliphatic heterocycles. The molecule has 1 heterocycles. The number of halogens is 1. The summed E-state index contributed by atoms with van der Waals surface area (Å²) in [5, 5.41) is 10.7. The molecule has 1 fully saturated rings. The molecular weight excluding hydrogens is 265 g/mol. The molecule has 1 aliphatic rings. The quantitative estimate of drug-likeness (QED) is 0.609. The fourth-order valence-corrected chi connectivity index (χ4v) is 2.19. The molecule has 1 unspecified atom stereocenters. The molecule has 1 aromatic carbocycles. The number of nitro groups is 1. The molecule has 0 N–H and O–H groups in total. The van der Waals surface area contributed by atoms with Crippen LogP contribution in [0.4, 0.5) is 10.1 Å². The Morgan fingerprint density at radius 1 is 1.45 bits per heavy atom. The molecule has 0 radical (unpaired) electrons. The van der Waals surface area contributed by atoms with Crippen LogP contribution in [0.1, 0.15) is 17.3 Å². The standard InChI is InChI=1S/C13H16FN3O3/c1-9-8-16(6-5-15(9)2)13(18)11-7-10(17(19)20)3-4-12(11)14/h3-4,7,9H,5-6,8H2,1-2H3. The van der Waals surface area contributed by atoms with Crippen molar-refractivity contribution in [1.29, 1.82) is 0 Å². The van der Waals surface area contributed by atoms with Gasteiger partial charge >= 0.3 is 0 Å². The van der Waals surface area contributed by atoms with Gasteiger partial charge in [-0.05, 0) is 20.0 Å². The Morgan fingerprint density at radius 2 is 2.15 bits per heavy atom. The summed E-state index contributed by atoms with van der Waals surface area (Å²) in [6.07, 6.45) is 0. The summed E-state index contributed by atoms with van der Waals surface area (Å²) in [6.45, 7) is 3.64. The van der Waals surface area contributed by atoms with Crippen LogP contribution in [0.2, 0.25) is 0 Å². The monoisotopic (exact) mass is 281 g/mol. The number of hydrogen-bond acceptors (Lipinski definition) is 4. The number of amides is 1. The fourth-order valence-electron chi connectivity index (χ4n) is 2.19. The Kier molecular flexibility index (Phi) is 3.99. The van der Waals surface area contributed by atoms with Crippen molar-refractivity contribution in [2.24, 2.45) is 0 Å². The van der Waals surface area contributed by atoms with Gasteiger partial charge in [-0.25, -0.2) is 4.39 Å². The second-order valence-electron chi connectivity index (χ2n) is 5.00. The lowest BCUT2D eigenvalue weighted by atomic mass is 10.1. The van der Waals surface area contributed by atoms with Gasteiger partial charge in [0.05, 0.1) is 10.5 Å². The highest BCUT2D eigenvalue weighted by Gasteiger charge is 2.27. The lowest BCUT2D eigenvalue weighted by Crippen LogP contribution is -2.52. The molecule has 0 aromatic heterocycles. The van der Waals surface area contributed by atoms with Crippen molar-refractivity contribution >= 4 is 11.6 Å². The zero-order valence-electron chi connectivity index (χ0n) is 11.4. The summed E-state index contributed by atoms with van der Waals surface area (Å²) in [4.78, 5) is 26.0. The van der Waals surface area contributed by atoms with Gasteiger partial charge in [0.25, 0.3) is 11.6 Å². The maximum atomic E-state index is 13.7. The molecule has 0 spiro atoms. The van der Waals surface area contributed by atoms with E-state index in [1.807, 2.05) is 14.0 Å². The van der Waals surface area contributed by atoms with Crippen molar-refractivity contribution in [3.05, 3.63) is 39.7 Å². The average Bonchev–Trinajstić information content (AvgIpc) is 2.41. The lowest BCUT2D eigenvalue weighted by Gasteiger charge is -2.37. The van der Waals surface area contributed by atoms with Crippen LogP contribution in [-0.2, 0) is 0 Å². The predicted octanol–water partition coefficient (Wildman–Crippen LogP) is 1.51. The number of hydrogen-bond donors (Lipinski definition) is 0. The highest BCUT2D eigenvalue weighted by molar-refractivity contribution is 5.95. The van der Waals surface area contributed by atoms with E-state index in [1.165, 1.54) is 4.90 Å². The molecule has 1 atom stereocenters. The number of nitro benzene ring substituents is 1. The van der Waals surface area contributed by atoms with Crippen molar-refractivity contribution in [3.63, 3.8) is 0 Å². The molecule has 1 saturated heterocycles. The van der Waals surface area contributed by atoms with Crippen LogP contribution in [0, 0.1) is 15.9 Å². The zero-order valence-corrected chi connectivity index (χ0v) is 11.4. The van der Waals surface area contributed by atoms with Crippen LogP contribution in [0.25, 0.3) is 0 Å². The van der Waals surface area contributed by atoms with Gasteiger partial charge in [-0.1, -0.05) is 0 Å². The van der Waals surface area contributed by atoms with Gasteiger partial charge in [0, 0.05) is 37.8 Å². The molecule has 1 aromatic rings. The number of nitrogens with zero attached hydrogens (tertiary/aromatic N) is 3. The van der Waals surface area contributed by atoms with Gasteiger partial charge in [-0.15, -0.1) is 0 Å². The zero-order chi connectivity index (χ0) is 14.9. The number of rotatable bonds is 2. The van der Waals surface area contributed by atoms with Crippen molar-refractivity contribution in [2.75, 3.05) is 26.7 Å². The van der Waals surface area contributed by atoms with Gasteiger partial charge in [0.2, 0.25) is 0 Å². The molecule has 0 bridgehead atoms. The minimum atomic E-state index is -0.729. The first-order valence-corrected chi connectivity index (χ1v) is 6.33. The Labute approximate surface area is 115 Å². The van der Waals surface area contributed by atoms with Crippen LogP contribution in [0.3, 0.4) is 0 Å². The van der Waals surface area contributed by atoms with Gasteiger partial charge in [-0.2, -0.15) is 0 Å². The normalized spacial score (nSPS) is 19.9. The van der Waals surface area contributed by atoms with E-state index in [-0.39, 0.29) is 17.3 Å². The minimum absolute atomic E-state index is 0.175. The van der Waals surface area contributed by atoms with E-state index in [0.29, 0.717) is 19.6 Å². The molecule has 20 heavy (non-hydrogen) atoms. The molecule has 6 nitrogen and oxygen atoms in total. The first kappa shape index (κ1) is 14.4. The van der Waals surface area contributed by atoms with Gasteiger partial charge in [-0.3, -0.25) is 14.9 Å². The third-order valence-electron chi connectivity index (χ3n) is 3.64. The SMILES string of the molecule is CC1CN(C(=O)c2cc([N+](=O)[O-])ccc2F)CCN1C. The molecule has 7 heteroatoms. The maximum absolute atomic E-state index is 13.7. The van der Waals surface area contributed by atoms with Crippen LogP contribution in [-0.4, -0.2) is 53.4 Å². The van der Waals surface area contributed by atoms with Crippen LogP contribution in [0.15, 0.2) is 18.2 Å². The maximum Gasteiger partial charge on any atom is 0.270 e. The Bertz CT molecular complexity index is 550. The van der Waals surface area contributed by atoms with E-state index in [2.05, 4.69) is 4.90 Å². The second-order valence-corrected chi connectivity index (χ2v) is 5.00. The Morgan fingerprint density at radius 3 is 2.75 bits per heavy atom. The van der Waals surface area contributed by atoms with Gasteiger partial charge in [0.15, 0.2) is 0 Å². The topological polar surface area (TPSA) is 66.7 Å². The summed E-state index contributed by atoms with van der Waals surface area (Å²) >= 11 is 0. The van der Waals surface area contributed by atoms with E-state index < -0.39 is 16.6 Å². The molecule has 0 aliphatic carbocycles. The summed E-state index contributed by atoms with van der Waals surface area (Å²) in [6, 6.07) is 3.19. The molecular formula is C13H16FN3O3. The van der Waals surface area contributed by atoms with Gasteiger partial charge < -0.3 is 9.80 Å². The Hall–Kier alpha value is -2.02. The highest BCUT2D eigenvalue weighted by atomic mass is 19.1. The molecule has 0 saturated carbocycles. The summed E-state index contributed by atoms with van der Waals surface area (Å²) < 4.78 is 13.7. The third-order valence-corrected chi connectivity index (χ3v) is 3.64. The van der Waals surface area contributed by atoms with Crippen LogP contribution < -0.4 is 0 Å². The lowest BCUT2D eigenvalue weighted by molar-refractivity contribution is -0.384. The summed E-state index contributed by atoms with van der Waals surface area (Å²) in [5.74, 6) is -1.22. The minimum Gasteiger partial charge on any atom is -0.336 e. The number of piperazine rings is 1. The number of non-ortho nitro benzene ring substituents is 1. The number of carbonyl (C=O) groups excluding carboxylic acids is 1. The fraction of sp³-hybridized carbons (Fsp3) is 0.462. The van der Waals surface area contributed by atoms with Crippen LogP contribution in [0.5, 0.6) is 0 Å². The van der Waals surface area contributed by atoms with Crippen molar-refractivity contribution < 1.29 is 14.1 Å². The molecule has 1 amide bonds. The Balaban J connectivity index is 2.25. The van der Waals surface area contributed by atoms with Crippen molar-refractivity contribution in [2.45, 2.75) is 13.0 Å². The van der Waals surface area contributed by atoms with Crippen molar-refractivity contribution in [3.8, 4) is 0 Å². The van der Waals surface area contributed by atoms with Crippen LogP contribution >= 0.6 is 0 Å². The third kappa shape index (κ3) is 2.77. The first-order valence-electron chi connectivity index (χ1n) is 6.33. The van der Waals surface area contributed by atoms with E-state index in [9.17, 15) is 19.3 Å². The van der Waals surface area contributed by atoms with Crippen molar-refractivity contribution in [1.82, 2.24) is 9.80 Å². The smallest absolute Gasteiger partial charge is 0.270 e. The average molecular weight is 281 g/mol. The largest absolute Gasteiger partial charge is 0.336 e. The number of benzene rings is 1. The van der Waals surface area contributed by atoms with E-state index in [1.54, 1.807) is 0 Å². The molecule has 108 valence electrons. The highest BCUT2D eigenvalue weighted by Crippen LogP contribution is 2.20. The number of likely N-dealkylation sites (N-methyl/N-ethyl adjacent to an activating group) is 1. The van der Waals surface area contributed by atoms with Gasteiger partial charge in [0.1, 0.15) is 5.82 Å². The van der Waals surface area contributed by atoms with E-state index in [0.717, 1.165) is 18.2 Å². The first-order chi connectivity index (χ1) is 9.40. The predicted molar refractivity (Wildman–Crippen MR) is 71.0 cm³/mol.